The van der Waals surface area contributed by atoms with Crippen LogP contribution in [0.4, 0.5) is 0 Å². The monoisotopic (exact) mass is 416 g/mol. The molecule has 0 saturated carbocycles. The molecule has 0 fully saturated rings. The zero-order chi connectivity index (χ0) is 20.2. The minimum absolute atomic E-state index is 0.0294. The van der Waals surface area contributed by atoms with Crippen LogP contribution in [0, 0.1) is 0 Å². The SMILES string of the molecule is CCOc1cc2c(cc1CNC(=O)CSc1nnc3n1CCCCC3)OC(C)C2. The predicted octanol–water partition coefficient (Wildman–Crippen LogP) is 3.14. The van der Waals surface area contributed by atoms with Crippen molar-refractivity contribution in [3.63, 3.8) is 0 Å². The van der Waals surface area contributed by atoms with Gasteiger partial charge in [0.05, 0.1) is 12.4 Å². The van der Waals surface area contributed by atoms with Crippen molar-refractivity contribution in [3.05, 3.63) is 29.1 Å². The highest BCUT2D eigenvalue weighted by Crippen LogP contribution is 2.35. The van der Waals surface area contributed by atoms with Gasteiger partial charge in [-0.05, 0) is 38.8 Å². The van der Waals surface area contributed by atoms with Gasteiger partial charge in [-0.2, -0.15) is 0 Å². The average molecular weight is 417 g/mol. The first kappa shape index (κ1) is 20.1. The maximum Gasteiger partial charge on any atom is 0.230 e. The Morgan fingerprint density at radius 2 is 2.24 bits per heavy atom. The third-order valence-corrected chi connectivity index (χ3v) is 6.23. The van der Waals surface area contributed by atoms with E-state index in [0.29, 0.717) is 18.9 Å². The van der Waals surface area contributed by atoms with Crippen molar-refractivity contribution < 1.29 is 14.3 Å². The second-order valence-electron chi connectivity index (χ2n) is 7.56. The number of rotatable bonds is 7. The number of carbonyl (C=O) groups is 1. The first-order valence-electron chi connectivity index (χ1n) is 10.4. The van der Waals surface area contributed by atoms with E-state index in [1.54, 1.807) is 0 Å². The van der Waals surface area contributed by atoms with Gasteiger partial charge in [-0.25, -0.2) is 0 Å². The number of ether oxygens (including phenoxy) is 2. The first-order valence-corrected chi connectivity index (χ1v) is 11.4. The molecule has 7 nitrogen and oxygen atoms in total. The highest BCUT2D eigenvalue weighted by atomic mass is 32.2. The molecule has 2 aliphatic rings. The standard InChI is InChI=1S/C21H28N4O3S/c1-3-27-17-10-15-9-14(2)28-18(15)11-16(17)12-22-20(26)13-29-21-24-23-19-7-5-4-6-8-25(19)21/h10-11,14H,3-9,12-13H2,1-2H3,(H,22,26). The lowest BCUT2D eigenvalue weighted by molar-refractivity contribution is -0.118. The van der Waals surface area contributed by atoms with Crippen LogP contribution in [0.25, 0.3) is 0 Å². The molecule has 1 N–H and O–H groups in total. The Balaban J connectivity index is 1.35. The summed E-state index contributed by atoms with van der Waals surface area (Å²) in [6.45, 7) is 5.97. The van der Waals surface area contributed by atoms with E-state index in [1.165, 1.54) is 23.7 Å². The number of aryl methyl sites for hydroxylation is 1. The molecule has 8 heteroatoms. The van der Waals surface area contributed by atoms with Crippen LogP contribution in [0.2, 0.25) is 0 Å². The van der Waals surface area contributed by atoms with Crippen LogP contribution in [0.15, 0.2) is 17.3 Å². The van der Waals surface area contributed by atoms with E-state index in [0.717, 1.165) is 60.3 Å². The highest BCUT2D eigenvalue weighted by Gasteiger charge is 2.22. The van der Waals surface area contributed by atoms with Crippen LogP contribution < -0.4 is 14.8 Å². The molecule has 0 spiro atoms. The van der Waals surface area contributed by atoms with Crippen LogP contribution >= 0.6 is 11.8 Å². The Labute approximate surface area is 175 Å². The third kappa shape index (κ3) is 4.69. The van der Waals surface area contributed by atoms with Crippen LogP contribution in [-0.4, -0.2) is 39.1 Å². The van der Waals surface area contributed by atoms with E-state index in [4.69, 9.17) is 9.47 Å². The van der Waals surface area contributed by atoms with E-state index >= 15 is 0 Å². The van der Waals surface area contributed by atoms with E-state index in [9.17, 15) is 4.79 Å². The molecule has 0 bridgehead atoms. The Kier molecular flexibility index (Phi) is 6.28. The second-order valence-corrected chi connectivity index (χ2v) is 8.50. The van der Waals surface area contributed by atoms with Crippen molar-refractivity contribution >= 4 is 17.7 Å². The predicted molar refractivity (Wildman–Crippen MR) is 112 cm³/mol. The maximum absolute atomic E-state index is 12.4. The number of fused-ring (bicyclic) bond motifs is 2. The van der Waals surface area contributed by atoms with Crippen molar-refractivity contribution in [2.24, 2.45) is 0 Å². The summed E-state index contributed by atoms with van der Waals surface area (Å²) in [5.41, 5.74) is 2.11. The molecule has 1 aromatic carbocycles. The summed E-state index contributed by atoms with van der Waals surface area (Å²) in [6, 6.07) is 4.04. The summed E-state index contributed by atoms with van der Waals surface area (Å²) in [7, 11) is 0. The smallest absolute Gasteiger partial charge is 0.230 e. The van der Waals surface area contributed by atoms with Gasteiger partial charge >= 0.3 is 0 Å². The van der Waals surface area contributed by atoms with Gasteiger partial charge in [-0.1, -0.05) is 18.2 Å². The molecule has 1 unspecified atom stereocenters. The summed E-state index contributed by atoms with van der Waals surface area (Å²) in [5.74, 6) is 3.04. The summed E-state index contributed by atoms with van der Waals surface area (Å²) in [6.07, 6.45) is 5.57. The number of benzene rings is 1. The molecule has 4 rings (SSSR count). The molecule has 29 heavy (non-hydrogen) atoms. The van der Waals surface area contributed by atoms with Crippen LogP contribution in [0.5, 0.6) is 11.5 Å². The number of carbonyl (C=O) groups excluding carboxylic acids is 1. The largest absolute Gasteiger partial charge is 0.494 e. The molecule has 3 heterocycles. The topological polar surface area (TPSA) is 78.3 Å². The third-order valence-electron chi connectivity index (χ3n) is 5.26. The van der Waals surface area contributed by atoms with Gasteiger partial charge in [-0.3, -0.25) is 4.79 Å². The number of hydrogen-bond acceptors (Lipinski definition) is 6. The van der Waals surface area contributed by atoms with Gasteiger partial charge in [0.1, 0.15) is 23.4 Å². The number of hydrogen-bond donors (Lipinski definition) is 1. The van der Waals surface area contributed by atoms with E-state index in [1.807, 2.05) is 19.1 Å². The fourth-order valence-electron chi connectivity index (χ4n) is 3.85. The second kappa shape index (κ2) is 9.07. The molecular weight excluding hydrogens is 388 g/mol. The highest BCUT2D eigenvalue weighted by molar-refractivity contribution is 7.99. The molecule has 2 aromatic rings. The maximum atomic E-state index is 12.4. The number of nitrogens with zero attached hydrogens (tertiary/aromatic N) is 3. The molecule has 0 aliphatic carbocycles. The van der Waals surface area contributed by atoms with Gasteiger partial charge < -0.3 is 19.4 Å². The summed E-state index contributed by atoms with van der Waals surface area (Å²) in [5, 5.41) is 12.4. The first-order chi connectivity index (χ1) is 14.1. The Morgan fingerprint density at radius 3 is 3.10 bits per heavy atom. The fraction of sp³-hybridized carbons (Fsp3) is 0.571. The van der Waals surface area contributed by atoms with Gasteiger partial charge in [0.2, 0.25) is 5.91 Å². The molecule has 1 atom stereocenters. The number of aromatic nitrogens is 3. The van der Waals surface area contributed by atoms with E-state index < -0.39 is 0 Å². The van der Waals surface area contributed by atoms with E-state index in [2.05, 4.69) is 27.0 Å². The van der Waals surface area contributed by atoms with Gasteiger partial charge in [0.15, 0.2) is 5.16 Å². The number of nitrogens with one attached hydrogen (secondary N) is 1. The molecule has 1 aromatic heterocycles. The molecule has 1 amide bonds. The number of thioether (sulfide) groups is 1. The van der Waals surface area contributed by atoms with Crippen molar-refractivity contribution in [1.82, 2.24) is 20.1 Å². The zero-order valence-electron chi connectivity index (χ0n) is 17.1. The quantitative estimate of drug-likeness (QED) is 0.699. The van der Waals surface area contributed by atoms with Gasteiger partial charge in [0, 0.05) is 37.1 Å². The average Bonchev–Trinajstić information content (AvgIpc) is 3.17. The minimum Gasteiger partial charge on any atom is -0.494 e. The summed E-state index contributed by atoms with van der Waals surface area (Å²) >= 11 is 1.45. The van der Waals surface area contributed by atoms with Crippen LogP contribution in [0.1, 0.15) is 50.1 Å². The van der Waals surface area contributed by atoms with Crippen LogP contribution in [0.3, 0.4) is 0 Å². The zero-order valence-corrected chi connectivity index (χ0v) is 17.9. The Morgan fingerprint density at radius 1 is 1.34 bits per heavy atom. The molecule has 156 valence electrons. The Hall–Kier alpha value is -2.22. The Bertz CT molecular complexity index is 883. The molecular formula is C21H28N4O3S. The minimum atomic E-state index is -0.0294. The lowest BCUT2D eigenvalue weighted by Gasteiger charge is -2.13. The van der Waals surface area contributed by atoms with Crippen molar-refractivity contribution in [3.8, 4) is 11.5 Å². The molecule has 2 aliphatic heterocycles. The van der Waals surface area contributed by atoms with E-state index in [-0.39, 0.29) is 12.0 Å². The summed E-state index contributed by atoms with van der Waals surface area (Å²) < 4.78 is 13.8. The summed E-state index contributed by atoms with van der Waals surface area (Å²) in [4.78, 5) is 12.4. The number of amides is 1. The normalized spacial score (nSPS) is 17.8. The van der Waals surface area contributed by atoms with Crippen molar-refractivity contribution in [2.75, 3.05) is 12.4 Å². The van der Waals surface area contributed by atoms with Gasteiger partial charge in [0.25, 0.3) is 0 Å². The van der Waals surface area contributed by atoms with Crippen LogP contribution in [-0.2, 0) is 30.7 Å². The van der Waals surface area contributed by atoms with Gasteiger partial charge in [-0.15, -0.1) is 10.2 Å². The van der Waals surface area contributed by atoms with Crippen molar-refractivity contribution in [1.29, 1.82) is 0 Å². The van der Waals surface area contributed by atoms with Crippen molar-refractivity contribution in [2.45, 2.75) is 70.3 Å². The fourth-order valence-corrected chi connectivity index (χ4v) is 4.66. The molecule has 0 saturated heterocycles. The lowest BCUT2D eigenvalue weighted by atomic mass is 10.1. The lowest BCUT2D eigenvalue weighted by Crippen LogP contribution is -2.25. The molecule has 0 radical (unpaired) electrons.